The van der Waals surface area contributed by atoms with Crippen LogP contribution in [0.2, 0.25) is 5.02 Å². The fourth-order valence-corrected chi connectivity index (χ4v) is 3.78. The van der Waals surface area contributed by atoms with Crippen molar-refractivity contribution in [1.29, 1.82) is 0 Å². The van der Waals surface area contributed by atoms with E-state index in [1.54, 1.807) is 22.8 Å². The van der Waals surface area contributed by atoms with Crippen molar-refractivity contribution in [2.75, 3.05) is 0 Å². The van der Waals surface area contributed by atoms with Crippen molar-refractivity contribution in [3.05, 3.63) is 94.3 Å². The highest BCUT2D eigenvalue weighted by Crippen LogP contribution is 2.36. The fraction of sp³-hybridized carbons (Fsp3) is 0.167. The van der Waals surface area contributed by atoms with Crippen LogP contribution in [0.15, 0.2) is 60.7 Å². The summed E-state index contributed by atoms with van der Waals surface area (Å²) in [6.07, 6.45) is 0.0761. The average Bonchev–Trinajstić information content (AvgIpc) is 3.35. The van der Waals surface area contributed by atoms with Crippen LogP contribution in [0.25, 0.3) is 5.69 Å². The molecule has 3 aromatic carbocycles. The van der Waals surface area contributed by atoms with Crippen molar-refractivity contribution in [2.45, 2.75) is 26.2 Å². The van der Waals surface area contributed by atoms with Crippen LogP contribution < -0.4 is 14.2 Å². The van der Waals surface area contributed by atoms with E-state index in [0.29, 0.717) is 35.0 Å². The van der Waals surface area contributed by atoms with E-state index < -0.39 is 5.82 Å². The van der Waals surface area contributed by atoms with Gasteiger partial charge < -0.3 is 14.2 Å². The predicted molar refractivity (Wildman–Crippen MR) is 117 cm³/mol. The molecule has 6 nitrogen and oxygen atoms in total. The topological polar surface area (TPSA) is 58.4 Å². The van der Waals surface area contributed by atoms with Gasteiger partial charge in [0.05, 0.1) is 10.7 Å². The van der Waals surface area contributed by atoms with Crippen molar-refractivity contribution in [1.82, 2.24) is 14.8 Å². The lowest BCUT2D eigenvalue weighted by molar-refractivity contribution is 0.0678. The molecule has 1 unspecified atom stereocenters. The van der Waals surface area contributed by atoms with Crippen LogP contribution in [0.1, 0.15) is 23.9 Å². The summed E-state index contributed by atoms with van der Waals surface area (Å²) in [6.45, 7) is 1.88. The molecule has 33 heavy (non-hydrogen) atoms. The summed E-state index contributed by atoms with van der Waals surface area (Å²) in [5, 5.41) is 8.73. The molecule has 2 heterocycles. The van der Waals surface area contributed by atoms with Gasteiger partial charge in [-0.05, 0) is 54.1 Å². The molecule has 4 aromatic rings. The molecule has 0 spiro atoms. The van der Waals surface area contributed by atoms with Crippen LogP contribution in [0, 0.1) is 11.6 Å². The van der Waals surface area contributed by atoms with Crippen LogP contribution >= 0.6 is 11.6 Å². The van der Waals surface area contributed by atoms with E-state index >= 15 is 0 Å². The summed E-state index contributed by atoms with van der Waals surface area (Å²) in [5.74, 6) is 1.13. The Morgan fingerprint density at radius 2 is 1.70 bits per heavy atom. The Balaban J connectivity index is 1.46. The van der Waals surface area contributed by atoms with Crippen molar-refractivity contribution in [3.8, 4) is 23.2 Å². The third-order valence-electron chi connectivity index (χ3n) is 5.11. The van der Waals surface area contributed by atoms with E-state index in [-0.39, 0.29) is 29.7 Å². The number of halogens is 3. The number of ether oxygens (including phenoxy) is 3. The zero-order valence-corrected chi connectivity index (χ0v) is 18.2. The standard InChI is InChI=1S/C24H18ClF2N3O3/c1-14-32-21-9-2-15(10-22(21)33-14)11-23-28-29-24(30(23)19-7-5-17(26)6-8-19)31-13-16-3-4-18(27)12-20(16)25/h2-10,12,14H,11,13H2,1H3. The van der Waals surface area contributed by atoms with Gasteiger partial charge in [0, 0.05) is 18.9 Å². The molecule has 0 saturated heterocycles. The molecule has 0 amide bonds. The summed E-state index contributed by atoms with van der Waals surface area (Å²) in [4.78, 5) is 0. The first-order valence-corrected chi connectivity index (χ1v) is 10.6. The maximum absolute atomic E-state index is 13.5. The minimum atomic E-state index is -0.432. The van der Waals surface area contributed by atoms with E-state index in [1.807, 2.05) is 25.1 Å². The lowest BCUT2D eigenvalue weighted by Crippen LogP contribution is -2.11. The van der Waals surface area contributed by atoms with Crippen LogP contribution in [0.5, 0.6) is 17.5 Å². The van der Waals surface area contributed by atoms with Gasteiger partial charge in [-0.3, -0.25) is 0 Å². The number of benzene rings is 3. The van der Waals surface area contributed by atoms with E-state index in [0.717, 1.165) is 5.56 Å². The van der Waals surface area contributed by atoms with Crippen LogP contribution in [0.4, 0.5) is 8.78 Å². The first-order chi connectivity index (χ1) is 16.0. The Kier molecular flexibility index (Phi) is 5.60. The highest BCUT2D eigenvalue weighted by Gasteiger charge is 2.22. The number of fused-ring (bicyclic) bond motifs is 1. The second-order valence-electron chi connectivity index (χ2n) is 7.50. The number of hydrogen-bond donors (Lipinski definition) is 0. The third-order valence-corrected chi connectivity index (χ3v) is 5.47. The van der Waals surface area contributed by atoms with Crippen molar-refractivity contribution in [2.24, 2.45) is 0 Å². The zero-order chi connectivity index (χ0) is 22.9. The molecule has 0 fully saturated rings. The van der Waals surface area contributed by atoms with Gasteiger partial charge >= 0.3 is 6.01 Å². The van der Waals surface area contributed by atoms with E-state index in [1.165, 1.54) is 24.3 Å². The monoisotopic (exact) mass is 469 g/mol. The molecule has 0 radical (unpaired) electrons. The number of aromatic nitrogens is 3. The lowest BCUT2D eigenvalue weighted by atomic mass is 10.1. The maximum Gasteiger partial charge on any atom is 0.322 e. The Morgan fingerprint density at radius 1 is 0.939 bits per heavy atom. The van der Waals surface area contributed by atoms with Crippen molar-refractivity contribution >= 4 is 11.6 Å². The number of nitrogens with zero attached hydrogens (tertiary/aromatic N) is 3. The normalized spacial score (nSPS) is 14.5. The molecular formula is C24H18ClF2N3O3. The molecule has 0 saturated carbocycles. The van der Waals surface area contributed by atoms with Gasteiger partial charge in [-0.25, -0.2) is 13.3 Å². The van der Waals surface area contributed by atoms with E-state index in [2.05, 4.69) is 10.2 Å². The summed E-state index contributed by atoms with van der Waals surface area (Å²) in [5.41, 5.74) is 2.15. The van der Waals surface area contributed by atoms with Gasteiger partial charge in [-0.2, -0.15) is 0 Å². The Labute approximate surface area is 193 Å². The predicted octanol–water partition coefficient (Wildman–Crippen LogP) is 5.49. The molecule has 1 aliphatic heterocycles. The van der Waals surface area contributed by atoms with Gasteiger partial charge in [0.1, 0.15) is 24.1 Å². The molecule has 168 valence electrons. The maximum atomic E-state index is 13.5. The van der Waals surface area contributed by atoms with E-state index in [4.69, 9.17) is 25.8 Å². The molecule has 0 aliphatic carbocycles. The van der Waals surface area contributed by atoms with Crippen LogP contribution in [-0.2, 0) is 13.0 Å². The van der Waals surface area contributed by atoms with Crippen molar-refractivity contribution in [3.63, 3.8) is 0 Å². The number of hydrogen-bond acceptors (Lipinski definition) is 5. The zero-order valence-electron chi connectivity index (χ0n) is 17.5. The molecule has 0 bridgehead atoms. The molecule has 1 aliphatic rings. The molecule has 9 heteroatoms. The second kappa shape index (κ2) is 8.71. The SMILES string of the molecule is CC1Oc2ccc(Cc3nnc(OCc4ccc(F)cc4Cl)n3-c3ccc(F)cc3)cc2O1. The molecule has 0 N–H and O–H groups in total. The molecule has 1 atom stereocenters. The van der Waals surface area contributed by atoms with Gasteiger partial charge in [-0.1, -0.05) is 28.8 Å². The highest BCUT2D eigenvalue weighted by atomic mass is 35.5. The van der Waals surface area contributed by atoms with E-state index in [9.17, 15) is 8.78 Å². The first-order valence-electron chi connectivity index (χ1n) is 10.2. The summed E-state index contributed by atoms with van der Waals surface area (Å²) in [6, 6.07) is 15.9. The minimum absolute atomic E-state index is 0.0559. The van der Waals surface area contributed by atoms with Crippen LogP contribution in [-0.4, -0.2) is 21.1 Å². The van der Waals surface area contributed by atoms with Gasteiger partial charge in [0.15, 0.2) is 11.5 Å². The quantitative estimate of drug-likeness (QED) is 0.374. The summed E-state index contributed by atoms with van der Waals surface area (Å²) < 4.78 is 45.7. The van der Waals surface area contributed by atoms with Gasteiger partial charge in [0.25, 0.3) is 0 Å². The largest absolute Gasteiger partial charge is 0.458 e. The highest BCUT2D eigenvalue weighted by molar-refractivity contribution is 6.31. The van der Waals surface area contributed by atoms with Crippen molar-refractivity contribution < 1.29 is 23.0 Å². The summed E-state index contributed by atoms with van der Waals surface area (Å²) in [7, 11) is 0. The number of rotatable bonds is 6. The molecule has 5 rings (SSSR count). The smallest absolute Gasteiger partial charge is 0.322 e. The molecule has 1 aromatic heterocycles. The third kappa shape index (κ3) is 4.47. The van der Waals surface area contributed by atoms with Gasteiger partial charge in [-0.15, -0.1) is 5.10 Å². The Morgan fingerprint density at radius 3 is 2.48 bits per heavy atom. The van der Waals surface area contributed by atoms with Gasteiger partial charge in [0.2, 0.25) is 6.29 Å². The first kappa shape index (κ1) is 21.2. The lowest BCUT2D eigenvalue weighted by Gasteiger charge is -2.12. The summed E-state index contributed by atoms with van der Waals surface area (Å²) >= 11 is 6.11. The Hall–Kier alpha value is -3.65. The minimum Gasteiger partial charge on any atom is -0.458 e. The fourth-order valence-electron chi connectivity index (χ4n) is 3.55. The van der Waals surface area contributed by atoms with Crippen LogP contribution in [0.3, 0.4) is 0 Å². The second-order valence-corrected chi connectivity index (χ2v) is 7.90. The molecular weight excluding hydrogens is 452 g/mol. The Bertz CT molecular complexity index is 1310. The average molecular weight is 470 g/mol.